The van der Waals surface area contributed by atoms with Gasteiger partial charge in [0.25, 0.3) is 0 Å². The molecule has 0 amide bonds. The number of benzene rings is 4. The van der Waals surface area contributed by atoms with Gasteiger partial charge in [0.1, 0.15) is 11.5 Å². The van der Waals surface area contributed by atoms with Gasteiger partial charge >= 0.3 is 11.9 Å². The molecule has 2 aromatic heterocycles. The van der Waals surface area contributed by atoms with Crippen LogP contribution in [0.4, 0.5) is 0 Å². The van der Waals surface area contributed by atoms with E-state index in [0.717, 1.165) is 18.8 Å². The summed E-state index contributed by atoms with van der Waals surface area (Å²) >= 11 is 3.05. The summed E-state index contributed by atoms with van der Waals surface area (Å²) in [5, 5.41) is 19.6. The van der Waals surface area contributed by atoms with Crippen molar-refractivity contribution in [3.8, 4) is 11.5 Å². The number of ether oxygens (including phenoxy) is 2. The van der Waals surface area contributed by atoms with E-state index in [1.807, 2.05) is 36.4 Å². The van der Waals surface area contributed by atoms with Crippen molar-refractivity contribution in [2.45, 2.75) is 0 Å². The molecular weight excluding hydrogens is 552 g/mol. The molecule has 0 aliphatic heterocycles. The molecule has 8 nitrogen and oxygen atoms in total. The Morgan fingerprint density at radius 1 is 0.550 bits per heavy atom. The number of fused-ring (bicyclic) bond motifs is 4. The van der Waals surface area contributed by atoms with E-state index in [4.69, 9.17) is 19.7 Å². The van der Waals surface area contributed by atoms with Crippen molar-refractivity contribution >= 4 is 75.0 Å². The van der Waals surface area contributed by atoms with Crippen molar-refractivity contribution in [3.63, 3.8) is 0 Å². The summed E-state index contributed by atoms with van der Waals surface area (Å²) in [5.74, 6) is -1.32. The van der Waals surface area contributed by atoms with Gasteiger partial charge < -0.3 is 19.7 Å². The second-order valence-electron chi connectivity index (χ2n) is 8.54. The van der Waals surface area contributed by atoms with E-state index in [-0.39, 0.29) is 10.9 Å². The Hall–Kier alpha value is -4.80. The highest BCUT2D eigenvalue weighted by Gasteiger charge is 2.09. The topological polar surface area (TPSA) is 127 Å². The molecule has 0 saturated carbocycles. The van der Waals surface area contributed by atoms with Crippen molar-refractivity contribution < 1.29 is 29.3 Å². The van der Waals surface area contributed by atoms with Crippen molar-refractivity contribution in [1.29, 1.82) is 0 Å². The van der Waals surface area contributed by atoms with E-state index in [0.29, 0.717) is 33.0 Å². The van der Waals surface area contributed by atoms with Crippen LogP contribution in [0.3, 0.4) is 0 Å². The van der Waals surface area contributed by atoms with Crippen molar-refractivity contribution in [2.24, 2.45) is 0 Å². The van der Waals surface area contributed by atoms with Gasteiger partial charge in [-0.25, -0.2) is 9.59 Å². The molecule has 200 valence electrons. The first kappa shape index (κ1) is 26.8. The molecule has 0 aliphatic rings. The van der Waals surface area contributed by atoms with Gasteiger partial charge in [0.05, 0.1) is 0 Å². The Labute approximate surface area is 233 Å². The molecule has 0 radical (unpaired) electrons. The molecule has 0 spiro atoms. The van der Waals surface area contributed by atoms with Crippen LogP contribution in [-0.4, -0.2) is 35.4 Å². The highest BCUT2D eigenvalue weighted by Crippen LogP contribution is 2.28. The maximum Gasteiger partial charge on any atom is 0.341 e. The fourth-order valence-electron chi connectivity index (χ4n) is 4.03. The quantitative estimate of drug-likeness (QED) is 0.241. The highest BCUT2D eigenvalue weighted by atomic mass is 32.1. The van der Waals surface area contributed by atoms with Gasteiger partial charge in [-0.3, -0.25) is 9.59 Å². The first-order valence-electron chi connectivity index (χ1n) is 11.9. The first-order valence-corrected chi connectivity index (χ1v) is 13.5. The van der Waals surface area contributed by atoms with E-state index < -0.39 is 25.2 Å². The monoisotopic (exact) mass is 572 g/mol. The number of hydrogen-bond donors (Lipinski definition) is 2. The average Bonchev–Trinajstić information content (AvgIpc) is 2.96. The fraction of sp³-hybridized carbons (Fsp3) is 0.0667. The number of rotatable bonds is 6. The SMILES string of the molecule is O=C(O)COc1ccc2sc3ccccc3c(=O)c2c1.O=C(O)COc1ccc2sc3ccccc3c(=O)c2c1. The summed E-state index contributed by atoms with van der Waals surface area (Å²) < 4.78 is 13.8. The lowest BCUT2D eigenvalue weighted by atomic mass is 10.2. The van der Waals surface area contributed by atoms with Crippen LogP contribution in [0.2, 0.25) is 0 Å². The standard InChI is InChI=1S/2C15H10O4S/c2*16-14(17)8-19-9-5-6-13-11(7-9)15(18)10-3-1-2-4-12(10)20-13/h2*1-7H,8H2,(H,16,17). The van der Waals surface area contributed by atoms with Crippen molar-refractivity contribution in [2.75, 3.05) is 13.2 Å². The van der Waals surface area contributed by atoms with Crippen LogP contribution >= 0.6 is 22.7 Å². The molecule has 0 atom stereocenters. The molecule has 0 fully saturated rings. The molecule has 0 aliphatic carbocycles. The summed E-state index contributed by atoms with van der Waals surface area (Å²) in [4.78, 5) is 45.8. The number of hydrogen-bond acceptors (Lipinski definition) is 8. The molecular formula is C30H20O8S2. The molecule has 4 aromatic carbocycles. The lowest BCUT2D eigenvalue weighted by Gasteiger charge is -2.05. The summed E-state index contributed by atoms with van der Waals surface area (Å²) in [6.07, 6.45) is 0. The van der Waals surface area contributed by atoms with Crippen LogP contribution in [0.5, 0.6) is 11.5 Å². The summed E-state index contributed by atoms with van der Waals surface area (Å²) in [6.45, 7) is -0.840. The maximum atomic E-state index is 12.4. The molecule has 40 heavy (non-hydrogen) atoms. The molecule has 0 bridgehead atoms. The Balaban J connectivity index is 0.000000161. The van der Waals surface area contributed by atoms with Gasteiger partial charge in [-0.05, 0) is 60.7 Å². The maximum absolute atomic E-state index is 12.4. The lowest BCUT2D eigenvalue weighted by molar-refractivity contribution is -0.140. The van der Waals surface area contributed by atoms with Crippen molar-refractivity contribution in [1.82, 2.24) is 0 Å². The molecule has 6 aromatic rings. The average molecular weight is 573 g/mol. The second-order valence-corrected chi connectivity index (χ2v) is 10.7. The van der Waals surface area contributed by atoms with Gasteiger partial charge in [0, 0.05) is 40.3 Å². The van der Waals surface area contributed by atoms with Gasteiger partial charge in [-0.1, -0.05) is 24.3 Å². The predicted octanol–water partition coefficient (Wildman–Crippen LogP) is 5.76. The van der Waals surface area contributed by atoms with Crippen molar-refractivity contribution in [3.05, 3.63) is 105 Å². The third-order valence-electron chi connectivity index (χ3n) is 5.82. The normalized spacial score (nSPS) is 10.8. The smallest absolute Gasteiger partial charge is 0.341 e. The van der Waals surface area contributed by atoms with Crippen LogP contribution < -0.4 is 20.3 Å². The zero-order valence-corrected chi connectivity index (χ0v) is 22.3. The Kier molecular flexibility index (Phi) is 7.72. The molecule has 2 N–H and O–H groups in total. The minimum Gasteiger partial charge on any atom is -0.482 e. The van der Waals surface area contributed by atoms with Crippen LogP contribution in [0.15, 0.2) is 94.5 Å². The predicted molar refractivity (Wildman–Crippen MR) is 157 cm³/mol. The van der Waals surface area contributed by atoms with Crippen LogP contribution in [-0.2, 0) is 9.59 Å². The van der Waals surface area contributed by atoms with Gasteiger partial charge in [0.2, 0.25) is 0 Å². The van der Waals surface area contributed by atoms with Crippen LogP contribution in [0.1, 0.15) is 0 Å². The number of carboxylic acids is 2. The van der Waals surface area contributed by atoms with E-state index in [2.05, 4.69) is 0 Å². The molecule has 10 heteroatoms. The summed E-state index contributed by atoms with van der Waals surface area (Å²) in [6, 6.07) is 25.0. The lowest BCUT2D eigenvalue weighted by Crippen LogP contribution is -2.09. The minimum absolute atomic E-state index is 0.0601. The van der Waals surface area contributed by atoms with E-state index in [1.165, 1.54) is 22.7 Å². The molecule has 0 unspecified atom stereocenters. The Morgan fingerprint density at radius 2 is 0.925 bits per heavy atom. The van der Waals surface area contributed by atoms with Gasteiger partial charge in [-0.2, -0.15) is 0 Å². The van der Waals surface area contributed by atoms with Gasteiger partial charge in [0.15, 0.2) is 24.1 Å². The minimum atomic E-state index is -1.05. The van der Waals surface area contributed by atoms with E-state index in [1.54, 1.807) is 48.5 Å². The van der Waals surface area contributed by atoms with Crippen LogP contribution in [0, 0.1) is 0 Å². The largest absolute Gasteiger partial charge is 0.482 e. The van der Waals surface area contributed by atoms with E-state index in [9.17, 15) is 19.2 Å². The number of carboxylic acid groups (broad SMARTS) is 2. The third kappa shape index (κ3) is 5.78. The molecule has 0 saturated heterocycles. The summed E-state index contributed by atoms with van der Waals surface area (Å²) in [5.41, 5.74) is -0.120. The van der Waals surface area contributed by atoms with Gasteiger partial charge in [-0.15, -0.1) is 22.7 Å². The number of aliphatic carboxylic acids is 2. The highest BCUT2D eigenvalue weighted by molar-refractivity contribution is 7.24. The summed E-state index contributed by atoms with van der Waals surface area (Å²) in [7, 11) is 0. The van der Waals surface area contributed by atoms with E-state index >= 15 is 0 Å². The first-order chi connectivity index (χ1) is 19.3. The molecule has 2 heterocycles. The third-order valence-corrected chi connectivity index (χ3v) is 8.12. The van der Waals surface area contributed by atoms with Crippen LogP contribution in [0.25, 0.3) is 40.3 Å². The zero-order chi connectivity index (χ0) is 28.2. The molecule has 6 rings (SSSR count). The number of carbonyl (C=O) groups is 2. The zero-order valence-electron chi connectivity index (χ0n) is 20.7. The Bertz CT molecular complexity index is 1880. The second kappa shape index (κ2) is 11.5. The fourth-order valence-corrected chi connectivity index (χ4v) is 6.14. The Morgan fingerprint density at radius 3 is 1.32 bits per heavy atom.